The van der Waals surface area contributed by atoms with Gasteiger partial charge in [-0.25, -0.2) is 0 Å². The second kappa shape index (κ2) is 6.22. The third kappa shape index (κ3) is 3.82. The summed E-state index contributed by atoms with van der Waals surface area (Å²) in [6.45, 7) is 11.4. The van der Waals surface area contributed by atoms with Gasteiger partial charge in [0.1, 0.15) is 0 Å². The van der Waals surface area contributed by atoms with Gasteiger partial charge in [-0.1, -0.05) is 27.2 Å². The fourth-order valence-corrected chi connectivity index (χ4v) is 2.43. The van der Waals surface area contributed by atoms with Crippen molar-refractivity contribution in [2.24, 2.45) is 11.1 Å². The molecule has 1 heterocycles. The Balaban J connectivity index is 2.49. The average Bonchev–Trinajstić information content (AvgIpc) is 2.59. The molecule has 108 valence electrons. The highest BCUT2D eigenvalue weighted by Gasteiger charge is 2.20. The number of rotatable bonds is 7. The highest BCUT2D eigenvalue weighted by molar-refractivity contribution is 5.82. The number of aromatic nitrogens is 2. The largest absolute Gasteiger partial charge is 0.387 e. The monoisotopic (exact) mass is 264 g/mol. The van der Waals surface area contributed by atoms with E-state index in [0.717, 1.165) is 37.9 Å². The molecule has 0 aliphatic rings. The zero-order valence-corrected chi connectivity index (χ0v) is 13.0. The molecule has 0 atom stereocenters. The lowest BCUT2D eigenvalue weighted by Crippen LogP contribution is -2.30. The molecular formula is C15H28N4. The number of aryl methyl sites for hydroxylation is 2. The first-order valence-electron chi connectivity index (χ1n) is 7.17. The summed E-state index contributed by atoms with van der Waals surface area (Å²) >= 11 is 0. The van der Waals surface area contributed by atoms with Gasteiger partial charge < -0.3 is 5.73 Å². The minimum Gasteiger partial charge on any atom is -0.387 e. The molecular weight excluding hydrogens is 236 g/mol. The molecule has 4 nitrogen and oxygen atoms in total. The minimum atomic E-state index is -0.177. The van der Waals surface area contributed by atoms with E-state index >= 15 is 0 Å². The third-order valence-corrected chi connectivity index (χ3v) is 4.04. The average molecular weight is 264 g/mol. The second-order valence-electron chi connectivity index (χ2n) is 5.98. The number of nitrogens with one attached hydrogen (secondary N) is 1. The zero-order chi connectivity index (χ0) is 14.6. The van der Waals surface area contributed by atoms with E-state index in [9.17, 15) is 0 Å². The third-order valence-electron chi connectivity index (χ3n) is 4.04. The molecule has 1 aromatic rings. The predicted molar refractivity (Wildman–Crippen MR) is 80.6 cm³/mol. The number of unbranched alkanes of at least 4 members (excludes halogenated alkanes) is 1. The molecule has 0 saturated heterocycles. The van der Waals surface area contributed by atoms with Crippen molar-refractivity contribution in [1.29, 1.82) is 5.41 Å². The van der Waals surface area contributed by atoms with Crippen LogP contribution in [0.1, 0.15) is 57.0 Å². The minimum absolute atomic E-state index is 0.177. The molecule has 1 aromatic heterocycles. The lowest BCUT2D eigenvalue weighted by atomic mass is 9.86. The van der Waals surface area contributed by atoms with Crippen LogP contribution in [0.5, 0.6) is 0 Å². The molecule has 4 heteroatoms. The molecule has 0 amide bonds. The topological polar surface area (TPSA) is 67.7 Å². The second-order valence-corrected chi connectivity index (χ2v) is 5.98. The van der Waals surface area contributed by atoms with Crippen LogP contribution < -0.4 is 5.73 Å². The Morgan fingerprint density at radius 3 is 2.42 bits per heavy atom. The number of hydrogen-bond donors (Lipinski definition) is 2. The van der Waals surface area contributed by atoms with Gasteiger partial charge in [-0.3, -0.25) is 10.1 Å². The van der Waals surface area contributed by atoms with Crippen LogP contribution in [0.3, 0.4) is 0 Å². The Labute approximate surface area is 116 Å². The van der Waals surface area contributed by atoms with Crippen LogP contribution in [-0.2, 0) is 13.0 Å². The number of nitrogens with two attached hydrogens (primary N) is 1. The fraction of sp³-hybridized carbons (Fsp3) is 0.733. The van der Waals surface area contributed by atoms with Gasteiger partial charge in [0.15, 0.2) is 0 Å². The summed E-state index contributed by atoms with van der Waals surface area (Å²) in [5.74, 6) is 0.284. The molecule has 0 radical (unpaired) electrons. The van der Waals surface area contributed by atoms with Crippen LogP contribution in [0, 0.1) is 24.7 Å². The van der Waals surface area contributed by atoms with E-state index in [1.54, 1.807) is 0 Å². The van der Waals surface area contributed by atoms with Crippen LogP contribution in [-0.4, -0.2) is 15.6 Å². The van der Waals surface area contributed by atoms with Gasteiger partial charge in [0.05, 0.1) is 11.5 Å². The summed E-state index contributed by atoms with van der Waals surface area (Å²) in [4.78, 5) is 0. The molecule has 0 saturated carbocycles. The van der Waals surface area contributed by atoms with Crippen LogP contribution in [0.15, 0.2) is 0 Å². The van der Waals surface area contributed by atoms with E-state index < -0.39 is 0 Å². The summed E-state index contributed by atoms with van der Waals surface area (Å²) < 4.78 is 2.12. The van der Waals surface area contributed by atoms with Crippen molar-refractivity contribution >= 4 is 5.84 Å². The Kier molecular flexibility index (Phi) is 5.15. The molecule has 0 aromatic carbocycles. The van der Waals surface area contributed by atoms with Crippen molar-refractivity contribution in [3.8, 4) is 0 Å². The lowest BCUT2D eigenvalue weighted by Gasteiger charge is -2.22. The van der Waals surface area contributed by atoms with Gasteiger partial charge in [-0.15, -0.1) is 0 Å². The van der Waals surface area contributed by atoms with E-state index in [0.29, 0.717) is 0 Å². The maximum Gasteiger partial charge on any atom is 0.0963 e. The van der Waals surface area contributed by atoms with Crippen molar-refractivity contribution < 1.29 is 0 Å². The Morgan fingerprint density at radius 2 is 1.95 bits per heavy atom. The van der Waals surface area contributed by atoms with Gasteiger partial charge in [0.2, 0.25) is 0 Å². The first kappa shape index (κ1) is 15.7. The fourth-order valence-electron chi connectivity index (χ4n) is 2.43. The zero-order valence-electron chi connectivity index (χ0n) is 13.0. The van der Waals surface area contributed by atoms with Crippen LogP contribution in [0.25, 0.3) is 0 Å². The smallest absolute Gasteiger partial charge is 0.0963 e. The SMILES string of the molecule is CCc1c(C)nn(CCCCC(C)(C)C(=N)N)c1C. The molecule has 0 aliphatic heterocycles. The summed E-state index contributed by atoms with van der Waals surface area (Å²) in [5.41, 5.74) is 9.25. The first-order valence-corrected chi connectivity index (χ1v) is 7.17. The highest BCUT2D eigenvalue weighted by atomic mass is 15.3. The standard InChI is InChI=1S/C15H28N4/c1-6-13-11(2)18-19(12(13)3)10-8-7-9-15(4,5)14(16)17/h6-10H2,1-5H3,(H3,16,17). The summed E-state index contributed by atoms with van der Waals surface area (Å²) in [6.07, 6.45) is 4.17. The molecule has 0 bridgehead atoms. The normalized spacial score (nSPS) is 11.8. The lowest BCUT2D eigenvalue weighted by molar-refractivity contribution is 0.422. The van der Waals surface area contributed by atoms with E-state index in [4.69, 9.17) is 11.1 Å². The van der Waals surface area contributed by atoms with Crippen LogP contribution >= 0.6 is 0 Å². The van der Waals surface area contributed by atoms with Gasteiger partial charge >= 0.3 is 0 Å². The van der Waals surface area contributed by atoms with Crippen molar-refractivity contribution in [2.45, 2.75) is 66.8 Å². The van der Waals surface area contributed by atoms with Crippen molar-refractivity contribution in [2.75, 3.05) is 0 Å². The van der Waals surface area contributed by atoms with E-state index in [-0.39, 0.29) is 11.3 Å². The van der Waals surface area contributed by atoms with Crippen LogP contribution in [0.4, 0.5) is 0 Å². The maximum atomic E-state index is 7.55. The Morgan fingerprint density at radius 1 is 1.32 bits per heavy atom. The van der Waals surface area contributed by atoms with Crippen molar-refractivity contribution in [3.05, 3.63) is 17.0 Å². The molecule has 3 N–H and O–H groups in total. The van der Waals surface area contributed by atoms with Crippen molar-refractivity contribution in [3.63, 3.8) is 0 Å². The van der Waals surface area contributed by atoms with Gasteiger partial charge in [0.25, 0.3) is 0 Å². The Hall–Kier alpha value is -1.32. The molecule has 19 heavy (non-hydrogen) atoms. The molecule has 0 unspecified atom stereocenters. The van der Waals surface area contributed by atoms with Gasteiger partial charge in [-0.2, -0.15) is 5.10 Å². The number of hydrogen-bond acceptors (Lipinski definition) is 2. The Bertz CT molecular complexity index is 443. The summed E-state index contributed by atoms with van der Waals surface area (Å²) in [6, 6.07) is 0. The van der Waals surface area contributed by atoms with Crippen LogP contribution in [0.2, 0.25) is 0 Å². The quantitative estimate of drug-likeness (QED) is 0.451. The number of nitrogens with zero attached hydrogens (tertiary/aromatic N) is 2. The molecule has 0 spiro atoms. The summed E-state index contributed by atoms with van der Waals surface area (Å²) in [5, 5.41) is 12.1. The van der Waals surface area contributed by atoms with E-state index in [2.05, 4.69) is 30.6 Å². The van der Waals surface area contributed by atoms with E-state index in [1.807, 2.05) is 13.8 Å². The first-order chi connectivity index (χ1) is 8.79. The van der Waals surface area contributed by atoms with Gasteiger partial charge in [0, 0.05) is 17.7 Å². The predicted octanol–water partition coefficient (Wildman–Crippen LogP) is 3.19. The highest BCUT2D eigenvalue weighted by Crippen LogP contribution is 2.23. The molecule has 0 aliphatic carbocycles. The van der Waals surface area contributed by atoms with E-state index in [1.165, 1.54) is 11.3 Å². The van der Waals surface area contributed by atoms with Crippen molar-refractivity contribution in [1.82, 2.24) is 9.78 Å². The summed E-state index contributed by atoms with van der Waals surface area (Å²) in [7, 11) is 0. The molecule has 1 rings (SSSR count). The van der Waals surface area contributed by atoms with Gasteiger partial charge in [-0.05, 0) is 38.7 Å². The number of amidine groups is 1. The molecule has 0 fully saturated rings. The maximum absolute atomic E-state index is 7.55.